The van der Waals surface area contributed by atoms with Gasteiger partial charge in [0, 0.05) is 6.20 Å². The maximum absolute atomic E-state index is 13.7. The Morgan fingerprint density at radius 2 is 1.89 bits per heavy atom. The predicted molar refractivity (Wildman–Crippen MR) is 63.2 cm³/mol. The lowest BCUT2D eigenvalue weighted by Crippen LogP contribution is -2.15. The number of hydrogen-bond acceptors (Lipinski definition) is 2. The van der Waals surface area contributed by atoms with Crippen LogP contribution in [0.25, 0.3) is 0 Å². The number of carbonyl (C=O) groups excluding carboxylic acids is 1. The zero-order valence-electron chi connectivity index (χ0n) is 9.88. The molecule has 1 aromatic carbocycles. The standard InChI is InChI=1S/C13H9F3N2O/c1-7-2-4-9(14)12(11(7)16)18-13(19)8-3-5-10(15)17-6-8/h2-6H,1H3,(H,18,19). The third-order valence-electron chi connectivity index (χ3n) is 2.51. The van der Waals surface area contributed by atoms with Crippen LogP contribution in [-0.4, -0.2) is 10.9 Å². The van der Waals surface area contributed by atoms with E-state index in [1.165, 1.54) is 19.1 Å². The highest BCUT2D eigenvalue weighted by atomic mass is 19.1. The zero-order chi connectivity index (χ0) is 14.0. The van der Waals surface area contributed by atoms with Gasteiger partial charge in [0.2, 0.25) is 5.95 Å². The van der Waals surface area contributed by atoms with Gasteiger partial charge in [-0.3, -0.25) is 4.79 Å². The molecule has 0 aliphatic rings. The number of carbonyl (C=O) groups is 1. The maximum atomic E-state index is 13.7. The van der Waals surface area contributed by atoms with Gasteiger partial charge in [0.1, 0.15) is 11.5 Å². The minimum Gasteiger partial charge on any atom is -0.317 e. The number of hydrogen-bond donors (Lipinski definition) is 1. The van der Waals surface area contributed by atoms with Crippen molar-refractivity contribution in [2.45, 2.75) is 6.92 Å². The van der Waals surface area contributed by atoms with Gasteiger partial charge in [0.05, 0.1) is 5.56 Å². The molecule has 0 spiro atoms. The van der Waals surface area contributed by atoms with Gasteiger partial charge >= 0.3 is 0 Å². The monoisotopic (exact) mass is 266 g/mol. The van der Waals surface area contributed by atoms with Crippen LogP contribution in [0.1, 0.15) is 15.9 Å². The van der Waals surface area contributed by atoms with Crippen molar-refractivity contribution < 1.29 is 18.0 Å². The normalized spacial score (nSPS) is 10.3. The molecular formula is C13H9F3N2O. The molecule has 0 aliphatic heterocycles. The van der Waals surface area contributed by atoms with E-state index < -0.39 is 29.2 Å². The van der Waals surface area contributed by atoms with Gasteiger partial charge in [-0.25, -0.2) is 13.8 Å². The number of aromatic nitrogens is 1. The predicted octanol–water partition coefficient (Wildman–Crippen LogP) is 3.06. The SMILES string of the molecule is Cc1ccc(F)c(NC(=O)c2ccc(F)nc2)c1F. The second kappa shape index (κ2) is 5.09. The van der Waals surface area contributed by atoms with Gasteiger partial charge < -0.3 is 5.32 Å². The number of nitrogens with zero attached hydrogens (tertiary/aromatic N) is 1. The summed E-state index contributed by atoms with van der Waals surface area (Å²) in [5.41, 5.74) is -0.329. The van der Waals surface area contributed by atoms with E-state index in [1.54, 1.807) is 0 Å². The molecule has 2 rings (SSSR count). The van der Waals surface area contributed by atoms with Crippen LogP contribution < -0.4 is 5.32 Å². The van der Waals surface area contributed by atoms with Gasteiger partial charge in [-0.05, 0) is 30.7 Å². The second-order valence-electron chi connectivity index (χ2n) is 3.88. The van der Waals surface area contributed by atoms with Crippen molar-refractivity contribution in [2.24, 2.45) is 0 Å². The van der Waals surface area contributed by atoms with E-state index in [4.69, 9.17) is 0 Å². The van der Waals surface area contributed by atoms with E-state index >= 15 is 0 Å². The van der Waals surface area contributed by atoms with Gasteiger partial charge in [0.25, 0.3) is 5.91 Å². The molecule has 98 valence electrons. The number of benzene rings is 1. The Morgan fingerprint density at radius 3 is 2.53 bits per heavy atom. The fraction of sp³-hybridized carbons (Fsp3) is 0.0769. The summed E-state index contributed by atoms with van der Waals surface area (Å²) in [6, 6.07) is 4.47. The fourth-order valence-corrected chi connectivity index (χ4v) is 1.47. The van der Waals surface area contributed by atoms with Crippen LogP contribution in [0.3, 0.4) is 0 Å². The molecule has 1 aromatic heterocycles. The Hall–Kier alpha value is -2.37. The van der Waals surface area contributed by atoms with E-state index in [2.05, 4.69) is 10.3 Å². The van der Waals surface area contributed by atoms with Crippen LogP contribution in [0, 0.1) is 24.5 Å². The summed E-state index contributed by atoms with van der Waals surface area (Å²) in [5.74, 6) is -3.24. The van der Waals surface area contributed by atoms with E-state index in [1.807, 2.05) is 0 Å². The number of halogens is 3. The summed E-state index contributed by atoms with van der Waals surface area (Å²) in [4.78, 5) is 15.0. The Morgan fingerprint density at radius 1 is 1.16 bits per heavy atom. The van der Waals surface area contributed by atoms with Gasteiger partial charge in [-0.1, -0.05) is 6.07 Å². The molecule has 6 heteroatoms. The van der Waals surface area contributed by atoms with Crippen LogP contribution >= 0.6 is 0 Å². The van der Waals surface area contributed by atoms with Crippen molar-refractivity contribution in [3.05, 3.63) is 59.2 Å². The Labute approximate surface area is 107 Å². The molecule has 3 nitrogen and oxygen atoms in total. The average molecular weight is 266 g/mol. The summed E-state index contributed by atoms with van der Waals surface area (Å²) >= 11 is 0. The van der Waals surface area contributed by atoms with Crippen molar-refractivity contribution >= 4 is 11.6 Å². The lowest BCUT2D eigenvalue weighted by molar-refractivity contribution is 0.102. The summed E-state index contributed by atoms with van der Waals surface area (Å²) < 4.78 is 39.7. The highest BCUT2D eigenvalue weighted by Gasteiger charge is 2.15. The van der Waals surface area contributed by atoms with Crippen molar-refractivity contribution in [3.63, 3.8) is 0 Å². The minimum atomic E-state index is -0.883. The summed E-state index contributed by atoms with van der Waals surface area (Å²) in [6.07, 6.45) is 0.982. The summed E-state index contributed by atoms with van der Waals surface area (Å²) in [7, 11) is 0. The first-order valence-corrected chi connectivity index (χ1v) is 5.36. The number of nitrogens with one attached hydrogen (secondary N) is 1. The first kappa shape index (κ1) is 13.1. The van der Waals surface area contributed by atoms with E-state index in [0.29, 0.717) is 0 Å². The molecule has 0 saturated carbocycles. The van der Waals surface area contributed by atoms with Crippen molar-refractivity contribution in [3.8, 4) is 0 Å². The first-order chi connectivity index (χ1) is 8.99. The molecule has 1 heterocycles. The van der Waals surface area contributed by atoms with E-state index in [0.717, 1.165) is 18.3 Å². The van der Waals surface area contributed by atoms with Crippen molar-refractivity contribution in [1.29, 1.82) is 0 Å². The molecule has 0 atom stereocenters. The topological polar surface area (TPSA) is 42.0 Å². The smallest absolute Gasteiger partial charge is 0.257 e. The highest BCUT2D eigenvalue weighted by Crippen LogP contribution is 2.22. The maximum Gasteiger partial charge on any atom is 0.257 e. The molecule has 19 heavy (non-hydrogen) atoms. The number of anilines is 1. The molecule has 1 amide bonds. The Bertz CT molecular complexity index is 627. The molecule has 0 unspecified atom stereocenters. The zero-order valence-corrected chi connectivity index (χ0v) is 9.88. The fourth-order valence-electron chi connectivity index (χ4n) is 1.47. The van der Waals surface area contributed by atoms with Crippen LogP contribution in [0.4, 0.5) is 18.9 Å². The Balaban J connectivity index is 2.29. The van der Waals surface area contributed by atoms with E-state index in [9.17, 15) is 18.0 Å². The number of aryl methyl sites for hydroxylation is 1. The average Bonchev–Trinajstić information content (AvgIpc) is 2.40. The second-order valence-corrected chi connectivity index (χ2v) is 3.88. The van der Waals surface area contributed by atoms with E-state index in [-0.39, 0.29) is 11.1 Å². The molecule has 2 aromatic rings. The van der Waals surface area contributed by atoms with Gasteiger partial charge in [-0.15, -0.1) is 0 Å². The molecule has 0 aliphatic carbocycles. The summed E-state index contributed by atoms with van der Waals surface area (Å²) in [5, 5.41) is 2.10. The number of pyridine rings is 1. The van der Waals surface area contributed by atoms with Gasteiger partial charge in [0.15, 0.2) is 5.82 Å². The van der Waals surface area contributed by atoms with Crippen molar-refractivity contribution in [1.82, 2.24) is 4.98 Å². The number of rotatable bonds is 2. The largest absolute Gasteiger partial charge is 0.317 e. The van der Waals surface area contributed by atoms with Crippen LogP contribution in [0.2, 0.25) is 0 Å². The molecule has 0 saturated heterocycles. The van der Waals surface area contributed by atoms with Gasteiger partial charge in [-0.2, -0.15) is 4.39 Å². The Kier molecular flexibility index (Phi) is 3.50. The lowest BCUT2D eigenvalue weighted by Gasteiger charge is -2.09. The lowest BCUT2D eigenvalue weighted by atomic mass is 10.2. The molecule has 0 fully saturated rings. The van der Waals surface area contributed by atoms with Crippen molar-refractivity contribution in [2.75, 3.05) is 5.32 Å². The third kappa shape index (κ3) is 2.73. The van der Waals surface area contributed by atoms with Crippen LogP contribution in [0.15, 0.2) is 30.5 Å². The third-order valence-corrected chi connectivity index (χ3v) is 2.51. The first-order valence-electron chi connectivity index (χ1n) is 5.36. The van der Waals surface area contributed by atoms with Crippen LogP contribution in [-0.2, 0) is 0 Å². The molecular weight excluding hydrogens is 257 g/mol. The minimum absolute atomic E-state index is 0.00158. The highest BCUT2D eigenvalue weighted by molar-refractivity contribution is 6.04. The van der Waals surface area contributed by atoms with Crippen LogP contribution in [0.5, 0.6) is 0 Å². The summed E-state index contributed by atoms with van der Waals surface area (Å²) in [6.45, 7) is 1.45. The molecule has 0 bridgehead atoms. The number of amides is 1. The molecule has 0 radical (unpaired) electrons. The quantitative estimate of drug-likeness (QED) is 0.849. The molecule has 1 N–H and O–H groups in total.